The van der Waals surface area contributed by atoms with E-state index in [4.69, 9.17) is 11.6 Å². The molecule has 3 rings (SSSR count). The Morgan fingerprint density at radius 2 is 1.89 bits per heavy atom. The highest BCUT2D eigenvalue weighted by Crippen LogP contribution is 2.24. The van der Waals surface area contributed by atoms with Gasteiger partial charge in [-0.3, -0.25) is 19.4 Å². The van der Waals surface area contributed by atoms with Crippen molar-refractivity contribution in [1.29, 1.82) is 0 Å². The minimum Gasteiger partial charge on any atom is -0.325 e. The first-order valence-corrected chi connectivity index (χ1v) is 9.56. The molecule has 0 fully saturated rings. The van der Waals surface area contributed by atoms with Crippen LogP contribution in [0, 0.1) is 6.92 Å². The molecular formula is C19H15ClN4O3S. The van der Waals surface area contributed by atoms with Gasteiger partial charge in [-0.2, -0.15) is 0 Å². The number of halogens is 1. The summed E-state index contributed by atoms with van der Waals surface area (Å²) in [5.74, 6) is -0.632. The summed E-state index contributed by atoms with van der Waals surface area (Å²) in [6.45, 7) is 1.54. The lowest BCUT2D eigenvalue weighted by molar-refractivity contribution is -0.113. The Morgan fingerprint density at radius 3 is 2.61 bits per heavy atom. The number of carbonyl (C=O) groups excluding carboxylic acids is 2. The van der Waals surface area contributed by atoms with Crippen molar-refractivity contribution in [2.45, 2.75) is 12.1 Å². The third-order valence-electron chi connectivity index (χ3n) is 3.72. The van der Waals surface area contributed by atoms with Crippen molar-refractivity contribution in [3.8, 4) is 0 Å². The molecule has 0 aliphatic rings. The average Bonchev–Trinajstić information content (AvgIpc) is 2.70. The number of hydrogen-bond acceptors (Lipinski definition) is 6. The van der Waals surface area contributed by atoms with E-state index in [1.165, 1.54) is 6.07 Å². The number of nitrogens with zero attached hydrogens (tertiary/aromatic N) is 2. The van der Waals surface area contributed by atoms with Crippen molar-refractivity contribution < 1.29 is 9.59 Å². The number of hydrogen-bond donors (Lipinski definition) is 2. The van der Waals surface area contributed by atoms with E-state index >= 15 is 0 Å². The maximum Gasteiger partial charge on any atom is 0.273 e. The molecule has 1 aromatic heterocycles. The van der Waals surface area contributed by atoms with E-state index in [2.05, 4.69) is 20.5 Å². The summed E-state index contributed by atoms with van der Waals surface area (Å²) in [7, 11) is 0. The Kier molecular flexibility index (Phi) is 6.23. The van der Waals surface area contributed by atoms with E-state index in [1.807, 2.05) is 6.07 Å². The molecule has 0 saturated carbocycles. The van der Waals surface area contributed by atoms with Gasteiger partial charge in [0.2, 0.25) is 5.91 Å². The Balaban J connectivity index is 1.74. The highest BCUT2D eigenvalue weighted by molar-refractivity contribution is 7.99. The zero-order valence-corrected chi connectivity index (χ0v) is 16.3. The third kappa shape index (κ3) is 4.85. The predicted molar refractivity (Wildman–Crippen MR) is 108 cm³/mol. The SMILES string of the molecule is Cc1nnc(SCC(=O)Nc2ccc(Cl)cc2C(=O)c2ccccc2)[nH]c1=O. The van der Waals surface area contributed by atoms with Crippen molar-refractivity contribution in [3.05, 3.63) is 80.7 Å². The highest BCUT2D eigenvalue weighted by atomic mass is 35.5. The summed E-state index contributed by atoms with van der Waals surface area (Å²) in [4.78, 5) is 39.2. The monoisotopic (exact) mass is 414 g/mol. The fraction of sp³-hybridized carbons (Fsp3) is 0.105. The standard InChI is InChI=1S/C19H15ClN4O3S/c1-11-18(27)22-19(24-23-11)28-10-16(25)21-15-8-7-13(20)9-14(15)17(26)12-5-3-2-4-6-12/h2-9H,10H2,1H3,(H,21,25)(H,22,24,27). The lowest BCUT2D eigenvalue weighted by Gasteiger charge is -2.11. The molecule has 1 heterocycles. The van der Waals surface area contributed by atoms with Gasteiger partial charge in [-0.1, -0.05) is 53.7 Å². The topological polar surface area (TPSA) is 105 Å². The Labute approximate surface area is 169 Å². The number of rotatable bonds is 6. The molecule has 0 aliphatic carbocycles. The molecule has 0 unspecified atom stereocenters. The molecule has 1 amide bonds. The molecule has 3 aromatic rings. The summed E-state index contributed by atoms with van der Waals surface area (Å²) < 4.78 is 0. The van der Waals surface area contributed by atoms with Crippen molar-refractivity contribution in [2.75, 3.05) is 11.1 Å². The summed E-state index contributed by atoms with van der Waals surface area (Å²) in [6, 6.07) is 13.4. The van der Waals surface area contributed by atoms with Crippen LogP contribution in [0.4, 0.5) is 5.69 Å². The van der Waals surface area contributed by atoms with Crippen LogP contribution in [0.15, 0.2) is 58.5 Å². The number of H-pyrrole nitrogens is 1. The van der Waals surface area contributed by atoms with Gasteiger partial charge in [0.1, 0.15) is 5.69 Å². The van der Waals surface area contributed by atoms with Crippen molar-refractivity contribution in [2.24, 2.45) is 0 Å². The first-order valence-electron chi connectivity index (χ1n) is 8.19. The van der Waals surface area contributed by atoms with Crippen molar-refractivity contribution >= 4 is 40.7 Å². The smallest absolute Gasteiger partial charge is 0.273 e. The number of nitrogens with one attached hydrogen (secondary N) is 2. The number of anilines is 1. The summed E-state index contributed by atoms with van der Waals surface area (Å²) in [5.41, 5.74) is 1.03. The van der Waals surface area contributed by atoms with Crippen LogP contribution >= 0.6 is 23.4 Å². The molecule has 0 spiro atoms. The van der Waals surface area contributed by atoms with Gasteiger partial charge in [0.05, 0.1) is 11.4 Å². The van der Waals surface area contributed by atoms with E-state index in [1.54, 1.807) is 43.3 Å². The zero-order chi connectivity index (χ0) is 20.1. The molecule has 0 atom stereocenters. The number of amides is 1. The fourth-order valence-electron chi connectivity index (χ4n) is 2.32. The van der Waals surface area contributed by atoms with Crippen LogP contribution in [0.3, 0.4) is 0 Å². The first-order chi connectivity index (χ1) is 13.4. The van der Waals surface area contributed by atoms with Gasteiger partial charge in [0.25, 0.3) is 5.56 Å². The summed E-state index contributed by atoms with van der Waals surface area (Å²) in [6.07, 6.45) is 0. The van der Waals surface area contributed by atoms with Gasteiger partial charge in [-0.05, 0) is 25.1 Å². The summed E-state index contributed by atoms with van der Waals surface area (Å²) >= 11 is 7.07. The van der Waals surface area contributed by atoms with E-state index in [-0.39, 0.29) is 33.9 Å². The first kappa shape index (κ1) is 19.8. The summed E-state index contributed by atoms with van der Waals surface area (Å²) in [5, 5.41) is 10.9. The average molecular weight is 415 g/mol. The second-order valence-electron chi connectivity index (χ2n) is 5.77. The van der Waals surface area contributed by atoms with Gasteiger partial charge in [-0.15, -0.1) is 10.2 Å². The van der Waals surface area contributed by atoms with Gasteiger partial charge in [-0.25, -0.2) is 0 Å². The molecule has 2 N–H and O–H groups in total. The van der Waals surface area contributed by atoms with Crippen LogP contribution in [-0.4, -0.2) is 32.6 Å². The van der Waals surface area contributed by atoms with Crippen molar-refractivity contribution in [1.82, 2.24) is 15.2 Å². The minimum atomic E-state index is -0.363. The number of aromatic nitrogens is 3. The number of aromatic amines is 1. The number of carbonyl (C=O) groups is 2. The molecule has 0 aliphatic heterocycles. The van der Waals surface area contributed by atoms with Crippen LogP contribution in [0.25, 0.3) is 0 Å². The van der Waals surface area contributed by atoms with E-state index in [0.717, 1.165) is 11.8 Å². The minimum absolute atomic E-state index is 0.0186. The van der Waals surface area contributed by atoms with Gasteiger partial charge in [0, 0.05) is 16.1 Å². The normalized spacial score (nSPS) is 10.5. The second kappa shape index (κ2) is 8.81. The van der Waals surface area contributed by atoms with Crippen LogP contribution in [0.2, 0.25) is 5.02 Å². The van der Waals surface area contributed by atoms with Gasteiger partial charge in [0.15, 0.2) is 10.9 Å². The largest absolute Gasteiger partial charge is 0.325 e. The molecule has 7 nitrogen and oxygen atoms in total. The Morgan fingerprint density at radius 1 is 1.14 bits per heavy atom. The second-order valence-corrected chi connectivity index (χ2v) is 7.17. The molecule has 9 heteroatoms. The molecule has 2 aromatic carbocycles. The number of thioether (sulfide) groups is 1. The van der Waals surface area contributed by atoms with E-state index < -0.39 is 0 Å². The Bertz CT molecular complexity index is 1090. The lowest BCUT2D eigenvalue weighted by Crippen LogP contribution is -2.18. The maximum absolute atomic E-state index is 12.8. The van der Waals surface area contributed by atoms with Crippen LogP contribution in [0.5, 0.6) is 0 Å². The quantitative estimate of drug-likeness (QED) is 0.474. The molecule has 0 bridgehead atoms. The maximum atomic E-state index is 12.8. The van der Waals surface area contributed by atoms with Gasteiger partial charge < -0.3 is 5.32 Å². The highest BCUT2D eigenvalue weighted by Gasteiger charge is 2.16. The Hall–Kier alpha value is -2.97. The fourth-order valence-corrected chi connectivity index (χ4v) is 3.10. The number of ketones is 1. The van der Waals surface area contributed by atoms with Gasteiger partial charge >= 0.3 is 0 Å². The van der Waals surface area contributed by atoms with Crippen molar-refractivity contribution in [3.63, 3.8) is 0 Å². The van der Waals surface area contributed by atoms with E-state index in [9.17, 15) is 14.4 Å². The number of benzene rings is 2. The zero-order valence-electron chi connectivity index (χ0n) is 14.7. The predicted octanol–water partition coefficient (Wildman–Crippen LogP) is 3.09. The molecule has 142 valence electrons. The lowest BCUT2D eigenvalue weighted by atomic mass is 10.0. The number of aryl methyl sites for hydroxylation is 1. The molecule has 28 heavy (non-hydrogen) atoms. The third-order valence-corrected chi connectivity index (χ3v) is 4.81. The van der Waals surface area contributed by atoms with Crippen LogP contribution in [0.1, 0.15) is 21.6 Å². The molecule has 0 saturated heterocycles. The molecular weight excluding hydrogens is 400 g/mol. The molecule has 0 radical (unpaired) electrons. The van der Waals surface area contributed by atoms with Crippen LogP contribution < -0.4 is 10.9 Å². The van der Waals surface area contributed by atoms with Crippen LogP contribution in [-0.2, 0) is 4.79 Å². The van der Waals surface area contributed by atoms with E-state index in [0.29, 0.717) is 21.8 Å².